The summed E-state index contributed by atoms with van der Waals surface area (Å²) < 4.78 is 0.405. The Morgan fingerprint density at radius 3 is 2.81 bits per heavy atom. The van der Waals surface area contributed by atoms with Gasteiger partial charge in [-0.3, -0.25) is 0 Å². The Kier molecular flexibility index (Phi) is 5.97. The third-order valence-corrected chi connectivity index (χ3v) is 6.42. The maximum Gasteiger partial charge on any atom is 0.185 e. The van der Waals surface area contributed by atoms with Gasteiger partial charge in [0.2, 0.25) is 0 Å². The van der Waals surface area contributed by atoms with E-state index in [1.165, 1.54) is 27.9 Å². The largest absolute Gasteiger partial charge is 0.347 e. The zero-order chi connectivity index (χ0) is 15.5. The van der Waals surface area contributed by atoms with Gasteiger partial charge >= 0.3 is 0 Å². The van der Waals surface area contributed by atoms with Gasteiger partial charge in [-0.25, -0.2) is 4.98 Å². The van der Waals surface area contributed by atoms with Crippen molar-refractivity contribution in [3.05, 3.63) is 10.6 Å². The Bertz CT molecular complexity index is 454. The molecule has 0 aromatic carbocycles. The number of thioether (sulfide) groups is 1. The summed E-state index contributed by atoms with van der Waals surface area (Å²) in [6.07, 6.45) is 1.23. The van der Waals surface area contributed by atoms with Crippen LogP contribution in [0.5, 0.6) is 0 Å². The van der Waals surface area contributed by atoms with Crippen LogP contribution in [0.4, 0.5) is 5.13 Å². The Hall–Kier alpha value is -0.260. The van der Waals surface area contributed by atoms with Crippen LogP contribution in [0, 0.1) is 12.8 Å². The molecule has 21 heavy (non-hydrogen) atoms. The Balaban J connectivity index is 1.97. The second kappa shape index (κ2) is 7.34. The maximum absolute atomic E-state index is 4.82. The van der Waals surface area contributed by atoms with E-state index in [4.69, 9.17) is 4.98 Å². The van der Waals surface area contributed by atoms with Crippen molar-refractivity contribution in [3.63, 3.8) is 0 Å². The Labute approximate surface area is 137 Å². The minimum Gasteiger partial charge on any atom is -0.347 e. The van der Waals surface area contributed by atoms with Crippen LogP contribution in [-0.2, 0) is 6.54 Å². The van der Waals surface area contributed by atoms with E-state index < -0.39 is 0 Å². The fraction of sp³-hybridized carbons (Fsp3) is 0.812. The van der Waals surface area contributed by atoms with Crippen molar-refractivity contribution in [3.8, 4) is 0 Å². The summed E-state index contributed by atoms with van der Waals surface area (Å²) in [6, 6.07) is 0. The zero-order valence-corrected chi connectivity index (χ0v) is 15.7. The predicted molar refractivity (Wildman–Crippen MR) is 96.8 cm³/mol. The number of aryl methyl sites for hydroxylation is 1. The van der Waals surface area contributed by atoms with Gasteiger partial charge in [0, 0.05) is 35.0 Å². The van der Waals surface area contributed by atoms with Gasteiger partial charge in [0.25, 0.3) is 0 Å². The first-order valence-electron chi connectivity index (χ1n) is 7.93. The van der Waals surface area contributed by atoms with Crippen molar-refractivity contribution in [1.82, 2.24) is 10.3 Å². The number of hydrogen-bond acceptors (Lipinski definition) is 5. The van der Waals surface area contributed by atoms with Crippen LogP contribution in [0.2, 0.25) is 0 Å². The van der Waals surface area contributed by atoms with Gasteiger partial charge in [-0.1, -0.05) is 27.7 Å². The van der Waals surface area contributed by atoms with Crippen LogP contribution in [0.25, 0.3) is 0 Å². The first-order chi connectivity index (χ1) is 9.87. The number of anilines is 1. The van der Waals surface area contributed by atoms with Crippen LogP contribution in [0.3, 0.4) is 0 Å². The number of nitrogens with zero attached hydrogens (tertiary/aromatic N) is 2. The second-order valence-corrected chi connectivity index (χ2v) is 9.74. The molecule has 0 radical (unpaired) electrons. The summed E-state index contributed by atoms with van der Waals surface area (Å²) in [7, 11) is 0. The average molecular weight is 328 g/mol. The van der Waals surface area contributed by atoms with Gasteiger partial charge in [0.15, 0.2) is 5.13 Å². The molecular formula is C16H29N3S2. The van der Waals surface area contributed by atoms with Gasteiger partial charge in [0.1, 0.15) is 0 Å². The van der Waals surface area contributed by atoms with Crippen LogP contribution in [-0.4, -0.2) is 35.1 Å². The third kappa shape index (κ3) is 5.15. The standard InChI is InChI=1S/C16H29N3S2/c1-12(2)10-17-11-14-13(3)18-15(21-14)19-7-6-16(4,5)20-9-8-19/h12,17H,6-11H2,1-5H3. The Morgan fingerprint density at radius 2 is 2.10 bits per heavy atom. The van der Waals surface area contributed by atoms with Crippen molar-refractivity contribution in [2.75, 3.05) is 30.3 Å². The molecule has 0 aliphatic carbocycles. The monoisotopic (exact) mass is 327 g/mol. The predicted octanol–water partition coefficient (Wildman–Crippen LogP) is 3.92. The molecule has 1 aromatic rings. The number of rotatable bonds is 5. The highest BCUT2D eigenvalue weighted by Gasteiger charge is 2.25. The fourth-order valence-electron chi connectivity index (χ4n) is 2.40. The van der Waals surface area contributed by atoms with E-state index in [0.717, 1.165) is 26.2 Å². The summed E-state index contributed by atoms with van der Waals surface area (Å²) >= 11 is 3.96. The molecule has 5 heteroatoms. The summed E-state index contributed by atoms with van der Waals surface area (Å²) in [5.74, 6) is 1.90. The van der Waals surface area contributed by atoms with Gasteiger partial charge in [-0.2, -0.15) is 11.8 Å². The molecule has 3 nitrogen and oxygen atoms in total. The lowest BCUT2D eigenvalue weighted by Gasteiger charge is -2.22. The minimum absolute atomic E-state index is 0.405. The molecule has 2 rings (SSSR count). The number of aromatic nitrogens is 1. The second-order valence-electron chi connectivity index (χ2n) is 6.87. The van der Waals surface area contributed by atoms with E-state index in [1.807, 2.05) is 11.3 Å². The molecule has 0 atom stereocenters. The van der Waals surface area contributed by atoms with Gasteiger partial charge in [-0.15, -0.1) is 11.3 Å². The molecule has 0 unspecified atom stereocenters. The summed E-state index contributed by atoms with van der Waals surface area (Å²) in [6.45, 7) is 15.6. The Morgan fingerprint density at radius 1 is 1.33 bits per heavy atom. The van der Waals surface area contributed by atoms with Crippen molar-refractivity contribution in [2.45, 2.75) is 52.3 Å². The van der Waals surface area contributed by atoms with Crippen molar-refractivity contribution in [1.29, 1.82) is 0 Å². The number of nitrogens with one attached hydrogen (secondary N) is 1. The zero-order valence-electron chi connectivity index (χ0n) is 14.0. The lowest BCUT2D eigenvalue weighted by Crippen LogP contribution is -2.26. The third-order valence-electron chi connectivity index (χ3n) is 3.83. The van der Waals surface area contributed by atoms with Crippen LogP contribution in [0.15, 0.2) is 0 Å². The summed E-state index contributed by atoms with van der Waals surface area (Å²) in [5, 5.41) is 4.75. The molecular weight excluding hydrogens is 298 g/mol. The van der Waals surface area contributed by atoms with Crippen LogP contribution >= 0.6 is 23.1 Å². The molecule has 120 valence electrons. The lowest BCUT2D eigenvalue weighted by atomic mass is 10.1. The first-order valence-corrected chi connectivity index (χ1v) is 9.73. The molecule has 2 heterocycles. The highest BCUT2D eigenvalue weighted by atomic mass is 32.2. The van der Waals surface area contributed by atoms with E-state index in [0.29, 0.717) is 10.7 Å². The molecule has 0 amide bonds. The lowest BCUT2D eigenvalue weighted by molar-refractivity contribution is 0.554. The van der Waals surface area contributed by atoms with E-state index >= 15 is 0 Å². The maximum atomic E-state index is 4.82. The molecule has 0 saturated carbocycles. The molecule has 1 aliphatic rings. The summed E-state index contributed by atoms with van der Waals surface area (Å²) in [5.41, 5.74) is 1.20. The molecule has 0 bridgehead atoms. The highest BCUT2D eigenvalue weighted by Crippen LogP contribution is 2.34. The van der Waals surface area contributed by atoms with E-state index in [9.17, 15) is 0 Å². The van der Waals surface area contributed by atoms with Crippen molar-refractivity contribution < 1.29 is 0 Å². The van der Waals surface area contributed by atoms with Gasteiger partial charge in [-0.05, 0) is 25.8 Å². The molecule has 1 fully saturated rings. The van der Waals surface area contributed by atoms with Crippen LogP contribution in [0.1, 0.15) is 44.7 Å². The van der Waals surface area contributed by atoms with Gasteiger partial charge < -0.3 is 10.2 Å². The molecule has 1 aromatic heterocycles. The summed E-state index contributed by atoms with van der Waals surface area (Å²) in [4.78, 5) is 8.68. The van der Waals surface area contributed by atoms with Crippen LogP contribution < -0.4 is 10.2 Å². The number of hydrogen-bond donors (Lipinski definition) is 1. The topological polar surface area (TPSA) is 28.2 Å². The molecule has 1 N–H and O–H groups in total. The molecule has 1 saturated heterocycles. The quantitative estimate of drug-likeness (QED) is 0.887. The van der Waals surface area contributed by atoms with E-state index in [2.05, 4.69) is 56.6 Å². The normalized spacial score (nSPS) is 19.0. The van der Waals surface area contributed by atoms with E-state index in [1.54, 1.807) is 0 Å². The fourth-order valence-corrected chi connectivity index (χ4v) is 4.58. The van der Waals surface area contributed by atoms with Gasteiger partial charge in [0.05, 0.1) is 5.69 Å². The first kappa shape index (κ1) is 17.1. The molecule has 0 spiro atoms. The van der Waals surface area contributed by atoms with Crippen molar-refractivity contribution >= 4 is 28.2 Å². The van der Waals surface area contributed by atoms with Crippen molar-refractivity contribution in [2.24, 2.45) is 5.92 Å². The highest BCUT2D eigenvalue weighted by molar-refractivity contribution is 8.00. The smallest absolute Gasteiger partial charge is 0.185 e. The van der Waals surface area contributed by atoms with E-state index in [-0.39, 0.29) is 0 Å². The minimum atomic E-state index is 0.405. The average Bonchev–Trinajstić information content (AvgIpc) is 2.64. The molecule has 1 aliphatic heterocycles. The SMILES string of the molecule is Cc1nc(N2CCSC(C)(C)CC2)sc1CNCC(C)C. The number of thiazole rings is 1.